The lowest BCUT2D eigenvalue weighted by Gasteiger charge is -2.47. The first kappa shape index (κ1) is 19.1. The summed E-state index contributed by atoms with van der Waals surface area (Å²) in [7, 11) is 0. The number of nitrogens with zero attached hydrogens (tertiary/aromatic N) is 2. The van der Waals surface area contributed by atoms with Gasteiger partial charge in [-0.1, -0.05) is 29.8 Å². The number of carbonyl (C=O) groups is 2. The minimum absolute atomic E-state index is 0.253. The number of amides is 1. The van der Waals surface area contributed by atoms with Crippen LogP contribution in [-0.4, -0.2) is 54.2 Å². The predicted molar refractivity (Wildman–Crippen MR) is 104 cm³/mol. The second kappa shape index (κ2) is 8.34. The van der Waals surface area contributed by atoms with Crippen LogP contribution in [0.1, 0.15) is 61.4 Å². The highest BCUT2D eigenvalue weighted by molar-refractivity contribution is 5.96. The van der Waals surface area contributed by atoms with Crippen LogP contribution in [-0.2, 0) is 4.79 Å². The molecule has 2 saturated heterocycles. The lowest BCUT2D eigenvalue weighted by molar-refractivity contribution is -0.138. The van der Waals surface area contributed by atoms with E-state index in [-0.39, 0.29) is 5.78 Å². The van der Waals surface area contributed by atoms with E-state index >= 15 is 0 Å². The van der Waals surface area contributed by atoms with E-state index < -0.39 is 0 Å². The molecule has 0 bridgehead atoms. The normalized spacial score (nSPS) is 20.5. The first-order valence-corrected chi connectivity index (χ1v) is 10.1. The van der Waals surface area contributed by atoms with Crippen molar-refractivity contribution in [3.63, 3.8) is 0 Å². The van der Waals surface area contributed by atoms with Crippen LogP contribution in [0.3, 0.4) is 0 Å². The summed E-state index contributed by atoms with van der Waals surface area (Å²) in [5.41, 5.74) is 2.37. The van der Waals surface area contributed by atoms with Crippen molar-refractivity contribution < 1.29 is 9.59 Å². The molecular formula is C22H32N2O2. The Hall–Kier alpha value is -1.68. The maximum atomic E-state index is 12.3. The summed E-state index contributed by atoms with van der Waals surface area (Å²) in [6, 6.07) is 7.88. The van der Waals surface area contributed by atoms with Gasteiger partial charge in [0.1, 0.15) is 0 Å². The van der Waals surface area contributed by atoms with Crippen molar-refractivity contribution >= 4 is 11.7 Å². The van der Waals surface area contributed by atoms with E-state index in [0.29, 0.717) is 17.7 Å². The van der Waals surface area contributed by atoms with Crippen LogP contribution in [0.5, 0.6) is 0 Å². The standard InChI is InChI=1S/C22H32N2O2/c1-3-24-17-22(11-10-21(24)26)12-15-23(16-13-22)14-4-5-20(25)19-8-6-18(2)7-9-19/h6-9H,3-5,10-17H2,1-2H3. The van der Waals surface area contributed by atoms with Crippen molar-refractivity contribution in [2.75, 3.05) is 32.7 Å². The van der Waals surface area contributed by atoms with Gasteiger partial charge in [0.25, 0.3) is 0 Å². The van der Waals surface area contributed by atoms with Crippen molar-refractivity contribution in [2.24, 2.45) is 5.41 Å². The topological polar surface area (TPSA) is 40.6 Å². The van der Waals surface area contributed by atoms with Crippen LogP contribution in [0.15, 0.2) is 24.3 Å². The fourth-order valence-corrected chi connectivity index (χ4v) is 4.40. The van der Waals surface area contributed by atoms with Gasteiger partial charge in [0.2, 0.25) is 5.91 Å². The molecule has 4 nitrogen and oxygen atoms in total. The highest BCUT2D eigenvalue weighted by atomic mass is 16.2. The van der Waals surface area contributed by atoms with Crippen LogP contribution in [0.2, 0.25) is 0 Å². The Labute approximate surface area is 157 Å². The fraction of sp³-hybridized carbons (Fsp3) is 0.636. The number of hydrogen-bond acceptors (Lipinski definition) is 3. The monoisotopic (exact) mass is 356 g/mol. The third kappa shape index (κ3) is 4.53. The smallest absolute Gasteiger partial charge is 0.222 e. The number of hydrogen-bond donors (Lipinski definition) is 0. The number of piperidine rings is 2. The Balaban J connectivity index is 1.41. The van der Waals surface area contributed by atoms with Crippen molar-refractivity contribution in [1.82, 2.24) is 9.80 Å². The zero-order chi connectivity index (χ0) is 18.6. The molecule has 0 radical (unpaired) electrons. The van der Waals surface area contributed by atoms with E-state index in [1.54, 1.807) is 0 Å². The molecule has 2 heterocycles. The van der Waals surface area contributed by atoms with Crippen LogP contribution in [0.4, 0.5) is 0 Å². The number of ketones is 1. The lowest BCUT2D eigenvalue weighted by atomic mass is 9.72. The fourth-order valence-electron chi connectivity index (χ4n) is 4.40. The molecule has 2 fully saturated rings. The van der Waals surface area contributed by atoms with Gasteiger partial charge >= 0.3 is 0 Å². The molecule has 1 aromatic carbocycles. The molecule has 26 heavy (non-hydrogen) atoms. The summed E-state index contributed by atoms with van der Waals surface area (Å²) in [6.07, 6.45) is 5.70. The summed E-state index contributed by atoms with van der Waals surface area (Å²) in [5, 5.41) is 0. The van der Waals surface area contributed by atoms with Gasteiger partial charge in [0.05, 0.1) is 0 Å². The van der Waals surface area contributed by atoms with Gasteiger partial charge in [-0.3, -0.25) is 9.59 Å². The summed E-state index contributed by atoms with van der Waals surface area (Å²) in [5.74, 6) is 0.582. The molecule has 1 amide bonds. The SMILES string of the molecule is CCN1CC2(CCC1=O)CCN(CCCC(=O)c1ccc(C)cc1)CC2. The number of aryl methyl sites for hydroxylation is 1. The molecule has 0 atom stereocenters. The first-order chi connectivity index (χ1) is 12.5. The molecule has 142 valence electrons. The van der Waals surface area contributed by atoms with Gasteiger partial charge < -0.3 is 9.80 Å². The molecule has 2 aliphatic rings. The maximum absolute atomic E-state index is 12.3. The van der Waals surface area contributed by atoms with Crippen molar-refractivity contribution in [3.05, 3.63) is 35.4 Å². The molecule has 1 spiro atoms. The zero-order valence-corrected chi connectivity index (χ0v) is 16.3. The Bertz CT molecular complexity index is 630. The van der Waals surface area contributed by atoms with E-state index in [1.807, 2.05) is 36.1 Å². The molecule has 0 saturated carbocycles. The molecular weight excluding hydrogens is 324 g/mol. The van der Waals surface area contributed by atoms with E-state index in [1.165, 1.54) is 18.4 Å². The summed E-state index contributed by atoms with van der Waals surface area (Å²) in [4.78, 5) is 28.8. The second-order valence-electron chi connectivity index (χ2n) is 8.14. The minimum atomic E-state index is 0.253. The third-order valence-electron chi connectivity index (χ3n) is 6.30. The largest absolute Gasteiger partial charge is 0.342 e. The van der Waals surface area contributed by atoms with Gasteiger partial charge in [0.15, 0.2) is 5.78 Å². The van der Waals surface area contributed by atoms with Crippen molar-refractivity contribution in [2.45, 2.75) is 52.4 Å². The Morgan fingerprint density at radius 2 is 1.81 bits per heavy atom. The quantitative estimate of drug-likeness (QED) is 0.730. The van der Waals surface area contributed by atoms with Gasteiger partial charge in [-0.25, -0.2) is 0 Å². The summed E-state index contributed by atoms with van der Waals surface area (Å²) >= 11 is 0. The van der Waals surface area contributed by atoms with E-state index in [2.05, 4.69) is 11.8 Å². The predicted octanol–water partition coefficient (Wildman–Crippen LogP) is 3.68. The van der Waals surface area contributed by atoms with Gasteiger partial charge in [0, 0.05) is 31.5 Å². The highest BCUT2D eigenvalue weighted by Gasteiger charge is 2.40. The van der Waals surface area contributed by atoms with Crippen LogP contribution in [0.25, 0.3) is 0 Å². The first-order valence-electron chi connectivity index (χ1n) is 10.1. The molecule has 0 aromatic heterocycles. The minimum Gasteiger partial charge on any atom is -0.342 e. The third-order valence-corrected chi connectivity index (χ3v) is 6.30. The molecule has 0 unspecified atom stereocenters. The summed E-state index contributed by atoms with van der Waals surface area (Å²) in [6.45, 7) is 9.11. The van der Waals surface area contributed by atoms with E-state index in [4.69, 9.17) is 0 Å². The molecule has 3 rings (SSSR count). The molecule has 2 aliphatic heterocycles. The van der Waals surface area contributed by atoms with E-state index in [0.717, 1.165) is 57.5 Å². The number of Topliss-reactive ketones (excluding diaryl/α,β-unsaturated/α-hetero) is 1. The summed E-state index contributed by atoms with van der Waals surface area (Å²) < 4.78 is 0. The van der Waals surface area contributed by atoms with Crippen molar-refractivity contribution in [1.29, 1.82) is 0 Å². The Morgan fingerprint density at radius 3 is 2.46 bits per heavy atom. The second-order valence-corrected chi connectivity index (χ2v) is 8.14. The van der Waals surface area contributed by atoms with Crippen LogP contribution >= 0.6 is 0 Å². The Morgan fingerprint density at radius 1 is 1.12 bits per heavy atom. The van der Waals surface area contributed by atoms with E-state index in [9.17, 15) is 9.59 Å². The van der Waals surface area contributed by atoms with Crippen molar-refractivity contribution in [3.8, 4) is 0 Å². The maximum Gasteiger partial charge on any atom is 0.222 e. The molecule has 1 aromatic rings. The number of carbonyl (C=O) groups excluding carboxylic acids is 2. The zero-order valence-electron chi connectivity index (χ0n) is 16.3. The van der Waals surface area contributed by atoms with Gasteiger partial charge in [-0.15, -0.1) is 0 Å². The Kier molecular flexibility index (Phi) is 6.13. The highest BCUT2D eigenvalue weighted by Crippen LogP contribution is 2.40. The van der Waals surface area contributed by atoms with Gasteiger partial charge in [-0.05, 0) is 64.6 Å². The molecule has 4 heteroatoms. The molecule has 0 N–H and O–H groups in total. The van der Waals surface area contributed by atoms with Crippen LogP contribution in [0, 0.1) is 12.3 Å². The average molecular weight is 357 g/mol. The molecule has 0 aliphatic carbocycles. The van der Waals surface area contributed by atoms with Gasteiger partial charge in [-0.2, -0.15) is 0 Å². The average Bonchev–Trinajstić information content (AvgIpc) is 2.66. The van der Waals surface area contributed by atoms with Crippen LogP contribution < -0.4 is 0 Å². The number of benzene rings is 1. The lowest BCUT2D eigenvalue weighted by Crippen LogP contribution is -2.51. The number of likely N-dealkylation sites (tertiary alicyclic amines) is 2. The number of rotatable bonds is 6.